The van der Waals surface area contributed by atoms with Crippen LogP contribution in [0.2, 0.25) is 0 Å². The fourth-order valence-corrected chi connectivity index (χ4v) is 16.1. The third-order valence-corrected chi connectivity index (χ3v) is 20.6. The topological polar surface area (TPSA) is 368 Å². The van der Waals surface area contributed by atoms with Gasteiger partial charge in [-0.3, -0.25) is 4.79 Å². The van der Waals surface area contributed by atoms with Gasteiger partial charge in [-0.05, 0) is 79.4 Å². The Hall–Kier alpha value is -2.79. The van der Waals surface area contributed by atoms with Gasteiger partial charge in [-0.2, -0.15) is 0 Å². The Kier molecular flexibility index (Phi) is 17.3. The monoisotopic (exact) mass is 1110 g/mol. The van der Waals surface area contributed by atoms with E-state index in [1.54, 1.807) is 20.8 Å². The van der Waals surface area contributed by atoms with Crippen LogP contribution < -0.4 is 0 Å². The highest BCUT2D eigenvalue weighted by Crippen LogP contribution is 2.76. The molecule has 23 heteroatoms. The highest BCUT2D eigenvalue weighted by atomic mass is 16.8. The first-order chi connectivity index (χ1) is 36.4. The number of carbonyl (C=O) groups excluding carboxylic acids is 2. The molecule has 8 aliphatic rings. The van der Waals surface area contributed by atoms with Gasteiger partial charge in [0.15, 0.2) is 31.1 Å². The Bertz CT molecular complexity index is 2260. The summed E-state index contributed by atoms with van der Waals surface area (Å²) in [5.41, 5.74) is -4.85. The third-order valence-electron chi connectivity index (χ3n) is 20.6. The number of aliphatic carboxylic acids is 1. The summed E-state index contributed by atoms with van der Waals surface area (Å²) in [6, 6.07) is 0. The number of esters is 2. The van der Waals surface area contributed by atoms with Crippen molar-refractivity contribution in [3.63, 3.8) is 0 Å². The molecule has 0 radical (unpaired) electrons. The molecular formula is C55H86O23. The number of hydrogen-bond acceptors (Lipinski definition) is 22. The second-order valence-electron chi connectivity index (χ2n) is 25.8. The van der Waals surface area contributed by atoms with Gasteiger partial charge in [0.05, 0.1) is 49.5 Å². The van der Waals surface area contributed by atoms with E-state index in [9.17, 15) is 75.7 Å². The van der Waals surface area contributed by atoms with Gasteiger partial charge in [-0.1, -0.05) is 80.0 Å². The molecule has 7 fully saturated rings. The quantitative estimate of drug-likeness (QED) is 0.0454. The van der Waals surface area contributed by atoms with Gasteiger partial charge in [-0.15, -0.1) is 0 Å². The van der Waals surface area contributed by atoms with Crippen molar-refractivity contribution in [1.29, 1.82) is 0 Å². The van der Waals surface area contributed by atoms with Gasteiger partial charge in [-0.25, -0.2) is 9.59 Å². The van der Waals surface area contributed by atoms with E-state index in [-0.39, 0.29) is 11.8 Å². The average molecular weight is 1120 g/mol. The minimum atomic E-state index is -2.12. The lowest BCUT2D eigenvalue weighted by molar-refractivity contribution is -0.386. The number of aliphatic hydroxyl groups is 11. The molecule has 3 aliphatic heterocycles. The first-order valence-corrected chi connectivity index (χ1v) is 27.6. The van der Waals surface area contributed by atoms with Crippen molar-refractivity contribution in [1.82, 2.24) is 0 Å². The molecule has 4 saturated carbocycles. The number of ether oxygens (including phenoxy) is 8. The molecule has 78 heavy (non-hydrogen) atoms. The molecule has 3 heterocycles. The minimum absolute atomic E-state index is 0.143. The van der Waals surface area contributed by atoms with Crippen LogP contribution in [-0.4, -0.2) is 216 Å². The minimum Gasteiger partial charge on any atom is -0.479 e. The van der Waals surface area contributed by atoms with E-state index in [4.69, 9.17) is 37.9 Å². The van der Waals surface area contributed by atoms with Crippen molar-refractivity contribution in [2.24, 2.45) is 56.2 Å². The number of rotatable bonds is 14. The molecule has 0 spiro atoms. The van der Waals surface area contributed by atoms with Gasteiger partial charge in [0.1, 0.15) is 67.1 Å². The van der Waals surface area contributed by atoms with Crippen molar-refractivity contribution >= 4 is 17.9 Å². The van der Waals surface area contributed by atoms with Crippen molar-refractivity contribution in [2.45, 2.75) is 224 Å². The summed E-state index contributed by atoms with van der Waals surface area (Å²) in [6.45, 7) is 16.8. The summed E-state index contributed by atoms with van der Waals surface area (Å²) in [5, 5.41) is 134. The van der Waals surface area contributed by atoms with Crippen LogP contribution in [0.15, 0.2) is 23.8 Å². The number of carboxylic acid groups (broad SMARTS) is 1. The first kappa shape index (κ1) is 61.3. The van der Waals surface area contributed by atoms with Crippen LogP contribution in [0.4, 0.5) is 0 Å². The summed E-state index contributed by atoms with van der Waals surface area (Å²) in [5.74, 6) is -4.52. The van der Waals surface area contributed by atoms with E-state index in [2.05, 4.69) is 19.9 Å². The van der Waals surface area contributed by atoms with Crippen molar-refractivity contribution in [3.05, 3.63) is 23.8 Å². The van der Waals surface area contributed by atoms with Gasteiger partial charge in [0, 0.05) is 16.9 Å². The number of fused-ring (bicyclic) bond motifs is 7. The second kappa shape index (κ2) is 22.1. The smallest absolute Gasteiger partial charge is 0.335 e. The molecule has 0 aromatic rings. The Morgan fingerprint density at radius 2 is 1.28 bits per heavy atom. The lowest BCUT2D eigenvalue weighted by Crippen LogP contribution is -2.76. The maximum atomic E-state index is 13.6. The van der Waals surface area contributed by atoms with E-state index in [1.165, 1.54) is 12.2 Å². The lowest BCUT2D eigenvalue weighted by Gasteiger charge is -2.73. The van der Waals surface area contributed by atoms with Crippen LogP contribution in [0, 0.1) is 56.2 Å². The predicted octanol–water partition coefficient (Wildman–Crippen LogP) is -0.438. The molecule has 8 rings (SSSR count). The van der Waals surface area contributed by atoms with Crippen LogP contribution in [0.1, 0.15) is 108 Å². The Labute approximate surface area is 454 Å². The average Bonchev–Trinajstić information content (AvgIpc) is 3.34. The normalized spacial score (nSPS) is 49.7. The Morgan fingerprint density at radius 3 is 1.85 bits per heavy atom. The van der Waals surface area contributed by atoms with E-state index in [1.807, 2.05) is 34.6 Å². The number of aliphatic hydroxyl groups excluding tert-OH is 11. The summed E-state index contributed by atoms with van der Waals surface area (Å²) in [6.07, 6.45) is -24.2. The highest BCUT2D eigenvalue weighted by molar-refractivity contribution is 5.82. The summed E-state index contributed by atoms with van der Waals surface area (Å²) < 4.78 is 48.8. The van der Waals surface area contributed by atoms with Crippen molar-refractivity contribution < 1.29 is 114 Å². The van der Waals surface area contributed by atoms with E-state index >= 15 is 0 Å². The molecule has 0 aromatic heterocycles. The van der Waals surface area contributed by atoms with E-state index in [0.717, 1.165) is 5.57 Å². The molecule has 23 nitrogen and oxygen atoms in total. The van der Waals surface area contributed by atoms with Gasteiger partial charge >= 0.3 is 17.9 Å². The largest absolute Gasteiger partial charge is 0.479 e. The zero-order chi connectivity index (χ0) is 57.7. The predicted molar refractivity (Wildman–Crippen MR) is 268 cm³/mol. The third kappa shape index (κ3) is 9.52. The highest BCUT2D eigenvalue weighted by Gasteiger charge is 2.76. The lowest BCUT2D eigenvalue weighted by atomic mass is 9.32. The maximum Gasteiger partial charge on any atom is 0.335 e. The Morgan fingerprint density at radius 1 is 0.692 bits per heavy atom. The Balaban J connectivity index is 1.13. The fraction of sp³-hybridized carbons (Fsp3) is 0.873. The van der Waals surface area contributed by atoms with Gasteiger partial charge in [0.25, 0.3) is 0 Å². The SMILES string of the molecule is C/C=C/C(=O)O[C@H]1[C@H](OC(=O)C(C)C)[C@]2(CO)[C@H](O)[C@H](O)[C@]3(C)C(=CC[C@@H]4[C@@]5(C)CCC(O[C@@H]6O[C@H](C(=O)O)[C@@H](O)[C@H](O[C@@H]7O[C@@H](CO)[C@H](O)[C@H]7O)[C@H]6O[C@@H]6O[C@H](CO)[C@H](O)[C@H](O)[C@H]6O)C(C)(C)[C@@H]5CC[C@]43C)[C@@H]2CC1(C)C. The molecule has 12 N–H and O–H groups in total. The molecule has 1 unspecified atom stereocenters. The molecule has 26 atom stereocenters. The zero-order valence-corrected chi connectivity index (χ0v) is 46.2. The standard InChI is InChI=1S/C55H86O23/c1-11-12-31(59)74-43-44(78-46(70)23(2)3)55(22-58)25(19-50(43,4)5)24-13-14-29-52(8)17-16-30(51(6,7)28(52)15-18-53(29,9)54(24,10)41(66)42(55)67)73-49-40(77-48-36(64)34(62)32(60)26(20-56)71-48)38(37(65)39(76-49)45(68)69)75-47-35(63)33(61)27(21-57)72-47/h11-13,23,25-30,32-44,47-49,56-58,60-67H,14-22H2,1-10H3,(H,68,69)/b12-11+/t25-,26+,27-,28-,29+,30?,32-,33-,34-,35+,36+,37-,38-,39-,40+,41-,42+,43-,44-,47-,48-,49+,52-,53+,54-,55-/m0/s1. The number of carboxylic acids is 1. The van der Waals surface area contributed by atoms with Crippen LogP contribution in [-0.2, 0) is 52.3 Å². The molecule has 5 aliphatic carbocycles. The molecular weight excluding hydrogens is 1030 g/mol. The van der Waals surface area contributed by atoms with Crippen molar-refractivity contribution in [3.8, 4) is 0 Å². The molecule has 0 amide bonds. The second-order valence-corrected chi connectivity index (χ2v) is 25.8. The van der Waals surface area contributed by atoms with Crippen LogP contribution in [0.3, 0.4) is 0 Å². The summed E-state index contributed by atoms with van der Waals surface area (Å²) >= 11 is 0. The van der Waals surface area contributed by atoms with Gasteiger partial charge < -0.3 is 99.2 Å². The molecule has 0 aromatic carbocycles. The van der Waals surface area contributed by atoms with Crippen LogP contribution in [0.5, 0.6) is 0 Å². The fourth-order valence-electron chi connectivity index (χ4n) is 16.1. The number of carbonyl (C=O) groups is 3. The molecule has 444 valence electrons. The zero-order valence-electron chi connectivity index (χ0n) is 46.2. The van der Waals surface area contributed by atoms with E-state index in [0.29, 0.717) is 38.5 Å². The molecule has 0 bridgehead atoms. The van der Waals surface area contributed by atoms with E-state index < -0.39 is 199 Å². The molecule has 3 saturated heterocycles. The summed E-state index contributed by atoms with van der Waals surface area (Å²) in [4.78, 5) is 39.7. The first-order valence-electron chi connectivity index (χ1n) is 27.6. The van der Waals surface area contributed by atoms with Crippen LogP contribution >= 0.6 is 0 Å². The van der Waals surface area contributed by atoms with Crippen LogP contribution in [0.25, 0.3) is 0 Å². The van der Waals surface area contributed by atoms with Gasteiger partial charge in [0.2, 0.25) is 0 Å². The summed E-state index contributed by atoms with van der Waals surface area (Å²) in [7, 11) is 0. The maximum absolute atomic E-state index is 13.6. The number of hydrogen-bond donors (Lipinski definition) is 12. The number of allylic oxidation sites excluding steroid dienone is 2. The van der Waals surface area contributed by atoms with Crippen molar-refractivity contribution in [2.75, 3.05) is 19.8 Å².